The highest BCUT2D eigenvalue weighted by atomic mass is 79.9. The second-order valence-corrected chi connectivity index (χ2v) is 6.79. The van der Waals surface area contributed by atoms with Crippen molar-refractivity contribution in [2.45, 2.75) is 4.90 Å². The van der Waals surface area contributed by atoms with Crippen LogP contribution in [0.25, 0.3) is 0 Å². The Kier molecular flexibility index (Phi) is 5.47. The third-order valence-electron chi connectivity index (χ3n) is 2.18. The zero-order valence-corrected chi connectivity index (χ0v) is 14.0. The van der Waals surface area contributed by atoms with Gasteiger partial charge >= 0.3 is 0 Å². The van der Waals surface area contributed by atoms with Crippen molar-refractivity contribution >= 4 is 47.6 Å². The first-order valence-electron chi connectivity index (χ1n) is 4.98. The molecule has 106 valence electrons. The lowest BCUT2D eigenvalue weighted by molar-refractivity contribution is 0.597. The topological polar surface area (TPSA) is 144 Å². The lowest BCUT2D eigenvalue weighted by Gasteiger charge is -2.11. The highest BCUT2D eigenvalue weighted by Crippen LogP contribution is 2.34. The molecule has 0 aliphatic heterocycles. The molecule has 0 bridgehead atoms. The van der Waals surface area contributed by atoms with Gasteiger partial charge in [-0.15, -0.1) is 0 Å². The van der Waals surface area contributed by atoms with Crippen LogP contribution in [0.5, 0.6) is 0 Å². The van der Waals surface area contributed by atoms with Crippen molar-refractivity contribution in [3.8, 4) is 18.2 Å². The minimum Gasteiger partial charge on any atom is -0.343 e. The van der Waals surface area contributed by atoms with E-state index >= 15 is 0 Å². The fourth-order valence-electron chi connectivity index (χ4n) is 1.24. The van der Waals surface area contributed by atoms with Crippen LogP contribution in [0.1, 0.15) is 0 Å². The van der Waals surface area contributed by atoms with E-state index in [1.807, 2.05) is 0 Å². The fraction of sp³-hybridized carbons (Fsp3) is 0. The van der Waals surface area contributed by atoms with Crippen molar-refractivity contribution in [1.29, 1.82) is 15.8 Å². The molecule has 21 heavy (non-hydrogen) atoms. The summed E-state index contributed by atoms with van der Waals surface area (Å²) in [5.41, 5.74) is -0.376. The standard InChI is InChI=1S/C11H5Br2N5O2S/c12-8-1-7(21(17,19)20)2-9(13)11(8)18-10(5-16)6(3-14)4-15/h1-2,18H,(H2,17,19,20). The van der Waals surface area contributed by atoms with Crippen LogP contribution in [0.3, 0.4) is 0 Å². The summed E-state index contributed by atoms with van der Waals surface area (Å²) in [5.74, 6) is 0. The molecule has 0 heterocycles. The predicted octanol–water partition coefficient (Wildman–Crippen LogP) is 2.10. The van der Waals surface area contributed by atoms with Crippen molar-refractivity contribution in [2.24, 2.45) is 5.14 Å². The van der Waals surface area contributed by atoms with Gasteiger partial charge in [-0.2, -0.15) is 15.8 Å². The van der Waals surface area contributed by atoms with Crippen molar-refractivity contribution in [1.82, 2.24) is 0 Å². The summed E-state index contributed by atoms with van der Waals surface area (Å²) < 4.78 is 23.2. The second kappa shape index (κ2) is 6.70. The Morgan fingerprint density at radius 3 is 1.90 bits per heavy atom. The summed E-state index contributed by atoms with van der Waals surface area (Å²) in [6.07, 6.45) is 0. The number of nitriles is 3. The average molecular weight is 431 g/mol. The summed E-state index contributed by atoms with van der Waals surface area (Å²) in [6.45, 7) is 0. The molecule has 0 amide bonds. The summed E-state index contributed by atoms with van der Waals surface area (Å²) in [5, 5.41) is 34.1. The number of benzene rings is 1. The monoisotopic (exact) mass is 429 g/mol. The number of halogens is 2. The second-order valence-electron chi connectivity index (χ2n) is 3.52. The third kappa shape index (κ3) is 4.03. The number of nitrogens with one attached hydrogen (secondary N) is 1. The summed E-state index contributed by atoms with van der Waals surface area (Å²) >= 11 is 6.26. The van der Waals surface area contributed by atoms with E-state index in [2.05, 4.69) is 37.2 Å². The lowest BCUT2D eigenvalue weighted by Crippen LogP contribution is -2.12. The molecule has 0 unspecified atom stereocenters. The summed E-state index contributed by atoms with van der Waals surface area (Å²) in [6, 6.07) is 7.32. The Hall–Kier alpha value is -1.90. The number of nitrogens with two attached hydrogens (primary N) is 1. The molecule has 0 fully saturated rings. The molecule has 0 saturated heterocycles. The van der Waals surface area contributed by atoms with Gasteiger partial charge in [0.25, 0.3) is 0 Å². The van der Waals surface area contributed by atoms with E-state index in [0.29, 0.717) is 0 Å². The Bertz CT molecular complexity index is 817. The smallest absolute Gasteiger partial charge is 0.238 e. The third-order valence-corrected chi connectivity index (χ3v) is 4.32. The highest BCUT2D eigenvalue weighted by molar-refractivity contribution is 9.11. The molecule has 0 saturated carbocycles. The van der Waals surface area contributed by atoms with Crippen molar-refractivity contribution in [3.63, 3.8) is 0 Å². The fourth-order valence-corrected chi connectivity index (χ4v) is 3.49. The first kappa shape index (κ1) is 17.2. The van der Waals surface area contributed by atoms with Gasteiger partial charge in [0.05, 0.1) is 10.6 Å². The Morgan fingerprint density at radius 1 is 1.10 bits per heavy atom. The number of rotatable bonds is 3. The number of sulfonamides is 1. The van der Waals surface area contributed by atoms with E-state index in [-0.39, 0.29) is 25.2 Å². The highest BCUT2D eigenvalue weighted by Gasteiger charge is 2.16. The van der Waals surface area contributed by atoms with Crippen LogP contribution >= 0.6 is 31.9 Å². The van der Waals surface area contributed by atoms with E-state index in [1.165, 1.54) is 12.1 Å². The molecule has 1 rings (SSSR count). The quantitative estimate of drug-likeness (QED) is 0.702. The molecule has 0 atom stereocenters. The maximum absolute atomic E-state index is 11.3. The van der Waals surface area contributed by atoms with E-state index < -0.39 is 15.6 Å². The number of hydrogen-bond donors (Lipinski definition) is 2. The normalized spacial score (nSPS) is 9.90. The van der Waals surface area contributed by atoms with Crippen LogP contribution in [0.4, 0.5) is 5.69 Å². The van der Waals surface area contributed by atoms with Gasteiger partial charge in [-0.1, -0.05) is 0 Å². The van der Waals surface area contributed by atoms with Gasteiger partial charge in [0.1, 0.15) is 23.9 Å². The van der Waals surface area contributed by atoms with Crippen LogP contribution in [-0.2, 0) is 10.0 Å². The van der Waals surface area contributed by atoms with E-state index in [1.54, 1.807) is 18.2 Å². The van der Waals surface area contributed by atoms with Gasteiger partial charge in [-0.05, 0) is 44.0 Å². The molecule has 3 N–H and O–H groups in total. The molecule has 0 spiro atoms. The summed E-state index contributed by atoms with van der Waals surface area (Å²) in [7, 11) is -3.89. The predicted molar refractivity (Wildman–Crippen MR) is 80.7 cm³/mol. The minimum absolute atomic E-state index is 0.143. The Morgan fingerprint density at radius 2 is 1.57 bits per heavy atom. The molecule has 0 radical (unpaired) electrons. The minimum atomic E-state index is -3.89. The largest absolute Gasteiger partial charge is 0.343 e. The van der Waals surface area contributed by atoms with Gasteiger partial charge in [0, 0.05) is 8.95 Å². The van der Waals surface area contributed by atoms with Crippen LogP contribution in [0, 0.1) is 34.0 Å². The lowest BCUT2D eigenvalue weighted by atomic mass is 10.2. The molecule has 10 heteroatoms. The first-order chi connectivity index (χ1) is 9.74. The molecular formula is C11H5Br2N5O2S. The zero-order valence-electron chi connectivity index (χ0n) is 10.1. The average Bonchev–Trinajstić information content (AvgIpc) is 2.40. The maximum atomic E-state index is 11.3. The van der Waals surface area contributed by atoms with Crippen LogP contribution in [0.2, 0.25) is 0 Å². The van der Waals surface area contributed by atoms with Gasteiger partial charge in [0.2, 0.25) is 10.0 Å². The number of hydrogen-bond acceptors (Lipinski definition) is 6. The molecule has 0 aliphatic rings. The number of primary sulfonamides is 1. The number of allylic oxidation sites excluding steroid dienone is 2. The van der Waals surface area contributed by atoms with E-state index in [0.717, 1.165) is 0 Å². The van der Waals surface area contributed by atoms with Gasteiger partial charge < -0.3 is 5.32 Å². The van der Waals surface area contributed by atoms with Crippen molar-refractivity contribution in [3.05, 3.63) is 32.3 Å². The SMILES string of the molecule is N#CC(C#N)=C(C#N)Nc1c(Br)cc(S(N)(=O)=O)cc1Br. The van der Waals surface area contributed by atoms with E-state index in [9.17, 15) is 8.42 Å². The van der Waals surface area contributed by atoms with Crippen molar-refractivity contribution < 1.29 is 8.42 Å². The van der Waals surface area contributed by atoms with Crippen LogP contribution in [0.15, 0.2) is 37.2 Å². The first-order valence-corrected chi connectivity index (χ1v) is 8.11. The van der Waals surface area contributed by atoms with Crippen LogP contribution in [-0.4, -0.2) is 8.42 Å². The Balaban J connectivity index is 3.44. The maximum Gasteiger partial charge on any atom is 0.238 e. The Labute approximate surface area is 137 Å². The summed E-state index contributed by atoms with van der Waals surface area (Å²) in [4.78, 5) is -0.143. The van der Waals surface area contributed by atoms with Gasteiger partial charge in [-0.3, -0.25) is 0 Å². The van der Waals surface area contributed by atoms with E-state index in [4.69, 9.17) is 20.9 Å². The van der Waals surface area contributed by atoms with Gasteiger partial charge in [-0.25, -0.2) is 13.6 Å². The molecule has 1 aromatic carbocycles. The molecule has 7 nitrogen and oxygen atoms in total. The molecule has 0 aliphatic carbocycles. The molecular weight excluding hydrogens is 426 g/mol. The molecule has 1 aromatic rings. The van der Waals surface area contributed by atoms with Crippen molar-refractivity contribution in [2.75, 3.05) is 5.32 Å². The molecule has 0 aromatic heterocycles. The van der Waals surface area contributed by atoms with Gasteiger partial charge in [0.15, 0.2) is 5.57 Å². The number of nitrogens with zero attached hydrogens (tertiary/aromatic N) is 3. The number of anilines is 1. The zero-order chi connectivity index (χ0) is 16.2. The van der Waals surface area contributed by atoms with Crippen LogP contribution < -0.4 is 10.5 Å².